The summed E-state index contributed by atoms with van der Waals surface area (Å²) < 4.78 is 0. The summed E-state index contributed by atoms with van der Waals surface area (Å²) in [6.07, 6.45) is 1.64. The number of nitrogens with zero attached hydrogens (tertiary/aromatic N) is 2. The molecule has 0 atom stereocenters. The van der Waals surface area contributed by atoms with Gasteiger partial charge in [-0.1, -0.05) is 11.6 Å². The average Bonchev–Trinajstić information content (AvgIpc) is 2.30. The van der Waals surface area contributed by atoms with Gasteiger partial charge in [0, 0.05) is 24.5 Å². The zero-order valence-electron chi connectivity index (χ0n) is 8.24. The number of benzene rings is 1. The van der Waals surface area contributed by atoms with E-state index < -0.39 is 0 Å². The highest BCUT2D eigenvalue weighted by atomic mass is 35.5. The highest BCUT2D eigenvalue weighted by Crippen LogP contribution is 2.28. The summed E-state index contributed by atoms with van der Waals surface area (Å²) in [4.78, 5) is 0. The smallest absolute Gasteiger partial charge is 0.0944 e. The SMILES string of the molecule is CNc1ccc(-c2cccnn2)c(Cl)c1. The molecule has 76 valence electrons. The Hall–Kier alpha value is -1.61. The first-order valence-electron chi connectivity index (χ1n) is 4.56. The van der Waals surface area contributed by atoms with E-state index in [1.54, 1.807) is 6.20 Å². The molecular formula is C11H10ClN3. The van der Waals surface area contributed by atoms with Crippen LogP contribution in [0.15, 0.2) is 36.5 Å². The standard InChI is InChI=1S/C11H10ClN3/c1-13-8-4-5-9(10(12)7-8)11-3-2-6-14-15-11/h2-7,13H,1H3. The van der Waals surface area contributed by atoms with E-state index >= 15 is 0 Å². The van der Waals surface area contributed by atoms with Crippen LogP contribution in [0.3, 0.4) is 0 Å². The molecular weight excluding hydrogens is 210 g/mol. The Kier molecular flexibility index (Phi) is 2.83. The molecule has 0 radical (unpaired) electrons. The molecule has 0 amide bonds. The molecule has 0 saturated heterocycles. The second kappa shape index (κ2) is 4.28. The first kappa shape index (κ1) is 9.93. The highest BCUT2D eigenvalue weighted by Gasteiger charge is 2.04. The molecule has 0 spiro atoms. The molecule has 0 unspecified atom stereocenters. The molecule has 1 aromatic heterocycles. The molecule has 0 aliphatic rings. The van der Waals surface area contributed by atoms with Gasteiger partial charge in [-0.15, -0.1) is 0 Å². The maximum atomic E-state index is 6.13. The van der Waals surface area contributed by atoms with E-state index in [1.165, 1.54) is 0 Å². The minimum atomic E-state index is 0.669. The molecule has 0 aliphatic heterocycles. The third kappa shape index (κ3) is 2.07. The number of rotatable bonds is 2. The fourth-order valence-corrected chi connectivity index (χ4v) is 1.60. The number of halogens is 1. The van der Waals surface area contributed by atoms with E-state index in [2.05, 4.69) is 15.5 Å². The lowest BCUT2D eigenvalue weighted by molar-refractivity contribution is 1.04. The molecule has 1 heterocycles. The largest absolute Gasteiger partial charge is 0.388 e. The zero-order valence-corrected chi connectivity index (χ0v) is 8.99. The van der Waals surface area contributed by atoms with Crippen molar-refractivity contribution in [1.82, 2.24) is 10.2 Å². The third-order valence-corrected chi connectivity index (χ3v) is 2.42. The molecule has 0 aliphatic carbocycles. The van der Waals surface area contributed by atoms with Gasteiger partial charge in [0.05, 0.1) is 10.7 Å². The van der Waals surface area contributed by atoms with Gasteiger partial charge < -0.3 is 5.32 Å². The van der Waals surface area contributed by atoms with Crippen molar-refractivity contribution in [3.8, 4) is 11.3 Å². The van der Waals surface area contributed by atoms with E-state index in [1.807, 2.05) is 37.4 Å². The minimum absolute atomic E-state index is 0.669. The summed E-state index contributed by atoms with van der Waals surface area (Å²) in [5, 5.41) is 11.5. The van der Waals surface area contributed by atoms with Gasteiger partial charge in [0.2, 0.25) is 0 Å². The van der Waals surface area contributed by atoms with Gasteiger partial charge in [0.15, 0.2) is 0 Å². The van der Waals surface area contributed by atoms with Crippen LogP contribution >= 0.6 is 11.6 Å². The first-order chi connectivity index (χ1) is 7.31. The van der Waals surface area contributed by atoms with Gasteiger partial charge >= 0.3 is 0 Å². The average molecular weight is 220 g/mol. The van der Waals surface area contributed by atoms with Gasteiger partial charge in [-0.3, -0.25) is 0 Å². The number of nitrogens with one attached hydrogen (secondary N) is 1. The van der Waals surface area contributed by atoms with Crippen molar-refractivity contribution >= 4 is 17.3 Å². The maximum absolute atomic E-state index is 6.13. The van der Waals surface area contributed by atoms with E-state index in [-0.39, 0.29) is 0 Å². The lowest BCUT2D eigenvalue weighted by Crippen LogP contribution is -1.90. The van der Waals surface area contributed by atoms with E-state index in [9.17, 15) is 0 Å². The summed E-state index contributed by atoms with van der Waals surface area (Å²) >= 11 is 6.13. The molecule has 0 fully saturated rings. The number of aromatic nitrogens is 2. The quantitative estimate of drug-likeness (QED) is 0.844. The van der Waals surface area contributed by atoms with Crippen molar-refractivity contribution in [2.24, 2.45) is 0 Å². The van der Waals surface area contributed by atoms with Crippen LogP contribution in [0.4, 0.5) is 5.69 Å². The summed E-state index contributed by atoms with van der Waals surface area (Å²) in [5.41, 5.74) is 2.65. The predicted molar refractivity (Wildman–Crippen MR) is 62.0 cm³/mol. The Morgan fingerprint density at radius 2 is 2.13 bits per heavy atom. The van der Waals surface area contributed by atoms with Crippen molar-refractivity contribution in [1.29, 1.82) is 0 Å². The van der Waals surface area contributed by atoms with Gasteiger partial charge in [-0.2, -0.15) is 10.2 Å². The van der Waals surface area contributed by atoms with Crippen LogP contribution in [0, 0.1) is 0 Å². The van der Waals surface area contributed by atoms with Crippen LogP contribution in [0.1, 0.15) is 0 Å². The molecule has 1 aromatic carbocycles. The Morgan fingerprint density at radius 3 is 2.73 bits per heavy atom. The van der Waals surface area contributed by atoms with Crippen LogP contribution in [0.25, 0.3) is 11.3 Å². The van der Waals surface area contributed by atoms with Gasteiger partial charge in [0.25, 0.3) is 0 Å². The topological polar surface area (TPSA) is 37.8 Å². The summed E-state index contributed by atoms with van der Waals surface area (Å²) in [6, 6.07) is 9.47. The summed E-state index contributed by atoms with van der Waals surface area (Å²) in [5.74, 6) is 0. The first-order valence-corrected chi connectivity index (χ1v) is 4.94. The van der Waals surface area contributed by atoms with Crippen molar-refractivity contribution in [2.45, 2.75) is 0 Å². The number of anilines is 1. The number of hydrogen-bond acceptors (Lipinski definition) is 3. The van der Waals surface area contributed by atoms with E-state index in [0.29, 0.717) is 5.02 Å². The second-order valence-corrected chi connectivity index (χ2v) is 3.46. The fourth-order valence-electron chi connectivity index (χ4n) is 1.32. The lowest BCUT2D eigenvalue weighted by Gasteiger charge is -2.05. The third-order valence-electron chi connectivity index (χ3n) is 2.11. The monoisotopic (exact) mass is 219 g/mol. The van der Waals surface area contributed by atoms with Crippen molar-refractivity contribution in [3.05, 3.63) is 41.6 Å². The molecule has 4 heteroatoms. The fraction of sp³-hybridized carbons (Fsp3) is 0.0909. The molecule has 2 rings (SSSR count). The Bertz CT molecular complexity index is 457. The van der Waals surface area contributed by atoms with E-state index in [0.717, 1.165) is 16.9 Å². The van der Waals surface area contributed by atoms with Crippen LogP contribution in [-0.2, 0) is 0 Å². The molecule has 3 nitrogen and oxygen atoms in total. The van der Waals surface area contributed by atoms with Crippen LogP contribution in [0.5, 0.6) is 0 Å². The van der Waals surface area contributed by atoms with Crippen LogP contribution < -0.4 is 5.32 Å². The second-order valence-electron chi connectivity index (χ2n) is 3.05. The molecule has 0 saturated carbocycles. The molecule has 15 heavy (non-hydrogen) atoms. The Balaban J connectivity index is 2.46. The molecule has 0 bridgehead atoms. The zero-order chi connectivity index (χ0) is 10.7. The van der Waals surface area contributed by atoms with Crippen molar-refractivity contribution in [3.63, 3.8) is 0 Å². The number of hydrogen-bond donors (Lipinski definition) is 1. The van der Waals surface area contributed by atoms with Crippen molar-refractivity contribution < 1.29 is 0 Å². The van der Waals surface area contributed by atoms with Crippen LogP contribution in [-0.4, -0.2) is 17.2 Å². The summed E-state index contributed by atoms with van der Waals surface area (Å²) in [6.45, 7) is 0. The van der Waals surface area contributed by atoms with Gasteiger partial charge in [0.1, 0.15) is 0 Å². The predicted octanol–water partition coefficient (Wildman–Crippen LogP) is 2.84. The van der Waals surface area contributed by atoms with Gasteiger partial charge in [-0.25, -0.2) is 0 Å². The van der Waals surface area contributed by atoms with Crippen molar-refractivity contribution in [2.75, 3.05) is 12.4 Å². The molecule has 2 aromatic rings. The maximum Gasteiger partial charge on any atom is 0.0944 e. The minimum Gasteiger partial charge on any atom is -0.388 e. The Morgan fingerprint density at radius 1 is 1.27 bits per heavy atom. The molecule has 1 N–H and O–H groups in total. The Labute approximate surface area is 93.1 Å². The van der Waals surface area contributed by atoms with Crippen LogP contribution in [0.2, 0.25) is 5.02 Å². The normalized spacial score (nSPS) is 10.0. The highest BCUT2D eigenvalue weighted by molar-refractivity contribution is 6.33. The van der Waals surface area contributed by atoms with Gasteiger partial charge in [-0.05, 0) is 30.3 Å². The summed E-state index contributed by atoms with van der Waals surface area (Å²) in [7, 11) is 1.85. The lowest BCUT2D eigenvalue weighted by atomic mass is 10.1. The van der Waals surface area contributed by atoms with E-state index in [4.69, 9.17) is 11.6 Å².